The second kappa shape index (κ2) is 5.72. The highest BCUT2D eigenvalue weighted by Crippen LogP contribution is 2.30. The lowest BCUT2D eigenvalue weighted by Gasteiger charge is -2.15. The number of carbonyl (C=O) groups excluding carboxylic acids is 1. The highest BCUT2D eigenvalue weighted by Gasteiger charge is 2.40. The molecule has 7 nitrogen and oxygen atoms in total. The van der Waals surface area contributed by atoms with E-state index in [1.165, 1.54) is 19.4 Å². The molecule has 0 aliphatic carbocycles. The Labute approximate surface area is 121 Å². The van der Waals surface area contributed by atoms with Crippen molar-refractivity contribution < 1.29 is 22.7 Å². The molecule has 1 aliphatic rings. The van der Waals surface area contributed by atoms with Gasteiger partial charge in [0.05, 0.1) is 12.4 Å². The molecule has 1 fully saturated rings. The lowest BCUT2D eigenvalue weighted by atomic mass is 10.0. The molecular weight excluding hydrogens is 308 g/mol. The van der Waals surface area contributed by atoms with Gasteiger partial charge in [0.2, 0.25) is 21.1 Å². The molecule has 1 aromatic heterocycles. The molecule has 2 N–H and O–H groups in total. The lowest BCUT2D eigenvalue weighted by molar-refractivity contribution is -0.122. The van der Waals surface area contributed by atoms with Crippen LogP contribution in [0.15, 0.2) is 21.6 Å². The van der Waals surface area contributed by atoms with E-state index in [2.05, 4.69) is 5.32 Å². The molecular formula is C11H15ClN2O5S. The number of hydrogen-bond donors (Lipinski definition) is 2. The fraction of sp³-hybridized carbons (Fsp3) is 0.545. The Kier molecular flexibility index (Phi) is 4.38. The highest BCUT2D eigenvalue weighted by atomic mass is 35.5. The summed E-state index contributed by atoms with van der Waals surface area (Å²) in [5, 5.41) is 12.1. The standard InChI is InChI=1S/C11H15ClN2O5S/c1-13-10(16)4-7-5-14(6-8(7)15)20(17,18)9-2-3-19-11(9)12/h2-3,7-8,15H,4-6H2,1H3,(H,13,16)/t7-,8-/m1/s1. The van der Waals surface area contributed by atoms with Crippen LogP contribution in [0.1, 0.15) is 6.42 Å². The fourth-order valence-electron chi connectivity index (χ4n) is 2.16. The first-order chi connectivity index (χ1) is 9.36. The Morgan fingerprint density at radius 1 is 1.60 bits per heavy atom. The molecule has 112 valence electrons. The van der Waals surface area contributed by atoms with E-state index in [1.54, 1.807) is 0 Å². The molecule has 1 saturated heterocycles. The number of sulfonamides is 1. The molecule has 20 heavy (non-hydrogen) atoms. The normalized spacial score (nSPS) is 23.9. The Morgan fingerprint density at radius 2 is 2.30 bits per heavy atom. The van der Waals surface area contributed by atoms with Crippen LogP contribution in [-0.4, -0.2) is 50.0 Å². The third-order valence-corrected chi connectivity index (χ3v) is 5.56. The summed E-state index contributed by atoms with van der Waals surface area (Å²) in [5.41, 5.74) is 0. The van der Waals surface area contributed by atoms with Crippen molar-refractivity contribution in [3.05, 3.63) is 17.5 Å². The van der Waals surface area contributed by atoms with Crippen LogP contribution >= 0.6 is 11.6 Å². The molecule has 2 atom stereocenters. The summed E-state index contributed by atoms with van der Waals surface area (Å²) in [6.45, 7) is 0.00390. The zero-order valence-electron chi connectivity index (χ0n) is 10.7. The Balaban J connectivity index is 2.16. The van der Waals surface area contributed by atoms with Gasteiger partial charge in [0.25, 0.3) is 0 Å². The van der Waals surface area contributed by atoms with Gasteiger partial charge < -0.3 is 14.8 Å². The summed E-state index contributed by atoms with van der Waals surface area (Å²) in [5.74, 6) is -0.676. The van der Waals surface area contributed by atoms with Crippen LogP contribution in [0.25, 0.3) is 0 Å². The van der Waals surface area contributed by atoms with Crippen molar-refractivity contribution in [1.82, 2.24) is 9.62 Å². The van der Waals surface area contributed by atoms with E-state index < -0.39 is 22.0 Å². The van der Waals surface area contributed by atoms with Crippen LogP contribution in [0.3, 0.4) is 0 Å². The minimum atomic E-state index is -3.82. The number of carbonyl (C=O) groups is 1. The van der Waals surface area contributed by atoms with E-state index in [0.717, 1.165) is 4.31 Å². The predicted molar refractivity (Wildman–Crippen MR) is 70.7 cm³/mol. The van der Waals surface area contributed by atoms with E-state index in [4.69, 9.17) is 16.0 Å². The molecule has 2 heterocycles. The molecule has 9 heteroatoms. The van der Waals surface area contributed by atoms with Crippen LogP contribution in [0.4, 0.5) is 0 Å². The molecule has 1 amide bonds. The summed E-state index contributed by atoms with van der Waals surface area (Å²) >= 11 is 5.68. The minimum Gasteiger partial charge on any atom is -0.451 e. The van der Waals surface area contributed by atoms with Crippen molar-refractivity contribution in [3.63, 3.8) is 0 Å². The van der Waals surface area contributed by atoms with E-state index in [1.807, 2.05) is 0 Å². The van der Waals surface area contributed by atoms with Gasteiger partial charge >= 0.3 is 0 Å². The van der Waals surface area contributed by atoms with Gasteiger partial charge in [-0.1, -0.05) is 0 Å². The lowest BCUT2D eigenvalue weighted by Crippen LogP contribution is -2.30. The van der Waals surface area contributed by atoms with Crippen LogP contribution in [0.2, 0.25) is 5.22 Å². The molecule has 0 saturated carbocycles. The zero-order valence-corrected chi connectivity index (χ0v) is 12.3. The highest BCUT2D eigenvalue weighted by molar-refractivity contribution is 7.89. The van der Waals surface area contributed by atoms with E-state index >= 15 is 0 Å². The first kappa shape index (κ1) is 15.3. The van der Waals surface area contributed by atoms with Gasteiger partial charge in [0, 0.05) is 32.5 Å². The summed E-state index contributed by atoms with van der Waals surface area (Å²) in [7, 11) is -2.33. The molecule has 2 rings (SSSR count). The largest absolute Gasteiger partial charge is 0.451 e. The molecule has 0 spiro atoms. The van der Waals surface area contributed by atoms with Crippen molar-refractivity contribution in [3.8, 4) is 0 Å². The van der Waals surface area contributed by atoms with Crippen molar-refractivity contribution in [2.45, 2.75) is 17.4 Å². The summed E-state index contributed by atoms with van der Waals surface area (Å²) in [4.78, 5) is 11.2. The number of furan rings is 1. The number of rotatable bonds is 4. The van der Waals surface area contributed by atoms with Gasteiger partial charge in [0.1, 0.15) is 4.90 Å². The topological polar surface area (TPSA) is 99.9 Å². The predicted octanol–water partition coefficient (Wildman–Crippen LogP) is 0.0505. The second-order valence-electron chi connectivity index (χ2n) is 4.59. The number of hydrogen-bond acceptors (Lipinski definition) is 5. The van der Waals surface area contributed by atoms with E-state index in [-0.39, 0.29) is 35.5 Å². The fourth-order valence-corrected chi connectivity index (χ4v) is 4.06. The number of nitrogens with one attached hydrogen (secondary N) is 1. The zero-order chi connectivity index (χ0) is 14.9. The van der Waals surface area contributed by atoms with Crippen LogP contribution < -0.4 is 5.32 Å². The average molecular weight is 323 g/mol. The summed E-state index contributed by atoms with van der Waals surface area (Å²) < 4.78 is 30.6. The first-order valence-electron chi connectivity index (χ1n) is 5.98. The summed E-state index contributed by atoms with van der Waals surface area (Å²) in [6, 6.07) is 1.26. The van der Waals surface area contributed by atoms with Crippen molar-refractivity contribution in [2.75, 3.05) is 20.1 Å². The van der Waals surface area contributed by atoms with Crippen molar-refractivity contribution in [2.24, 2.45) is 5.92 Å². The maximum Gasteiger partial charge on any atom is 0.247 e. The van der Waals surface area contributed by atoms with E-state index in [0.29, 0.717) is 0 Å². The quantitative estimate of drug-likeness (QED) is 0.816. The monoisotopic (exact) mass is 322 g/mol. The third-order valence-electron chi connectivity index (χ3n) is 3.30. The van der Waals surface area contributed by atoms with Crippen molar-refractivity contribution >= 4 is 27.5 Å². The summed E-state index contributed by atoms with van der Waals surface area (Å²) in [6.07, 6.45) is 0.375. The van der Waals surface area contributed by atoms with Crippen LogP contribution in [-0.2, 0) is 14.8 Å². The molecule has 0 radical (unpaired) electrons. The molecule has 1 aromatic rings. The number of aliphatic hydroxyl groups excluding tert-OH is 1. The van der Waals surface area contributed by atoms with Gasteiger partial charge in [-0.15, -0.1) is 0 Å². The maximum atomic E-state index is 12.3. The third kappa shape index (κ3) is 2.83. The van der Waals surface area contributed by atoms with Crippen LogP contribution in [0.5, 0.6) is 0 Å². The minimum absolute atomic E-state index is 0.0640. The smallest absolute Gasteiger partial charge is 0.247 e. The van der Waals surface area contributed by atoms with Gasteiger partial charge in [-0.05, 0) is 17.7 Å². The van der Waals surface area contributed by atoms with Crippen molar-refractivity contribution in [1.29, 1.82) is 0 Å². The van der Waals surface area contributed by atoms with Gasteiger partial charge in [-0.2, -0.15) is 4.31 Å². The molecule has 0 aromatic carbocycles. The second-order valence-corrected chi connectivity index (χ2v) is 6.83. The number of amides is 1. The van der Waals surface area contributed by atoms with Gasteiger partial charge in [-0.3, -0.25) is 4.79 Å². The van der Waals surface area contributed by atoms with E-state index in [9.17, 15) is 18.3 Å². The van der Waals surface area contributed by atoms with Gasteiger partial charge in [0.15, 0.2) is 0 Å². The number of aliphatic hydroxyl groups is 1. The van der Waals surface area contributed by atoms with Crippen LogP contribution in [0, 0.1) is 5.92 Å². The molecule has 0 bridgehead atoms. The Bertz CT molecular complexity index is 600. The maximum absolute atomic E-state index is 12.3. The Hall–Kier alpha value is -1.09. The average Bonchev–Trinajstić information content (AvgIpc) is 2.97. The Morgan fingerprint density at radius 3 is 2.85 bits per heavy atom. The molecule has 1 aliphatic heterocycles. The number of halogens is 1. The number of β-amino-alcohol motifs (C(OH)–C–C–N with tert-alkyl or cyclic N) is 1. The number of nitrogens with zero attached hydrogens (tertiary/aromatic N) is 1. The SMILES string of the molecule is CNC(=O)C[C@@H]1CN(S(=O)(=O)c2ccoc2Cl)C[C@H]1O. The first-order valence-corrected chi connectivity index (χ1v) is 7.80. The van der Waals surface area contributed by atoms with Gasteiger partial charge in [-0.25, -0.2) is 8.42 Å². The molecule has 0 unspecified atom stereocenters.